The van der Waals surface area contributed by atoms with Gasteiger partial charge in [0.05, 0.1) is 0 Å². The smallest absolute Gasteiger partial charge is 0 e. The van der Waals surface area contributed by atoms with Crippen LogP contribution in [0.15, 0.2) is 36.5 Å². The molecule has 3 heteroatoms. The van der Waals surface area contributed by atoms with Gasteiger partial charge in [0.25, 0.3) is 0 Å². The van der Waals surface area contributed by atoms with E-state index in [0.29, 0.717) is 0 Å². The summed E-state index contributed by atoms with van der Waals surface area (Å²) in [6.07, 6.45) is 21.0. The third-order valence-corrected chi connectivity index (χ3v) is 1.17. The van der Waals surface area contributed by atoms with Crippen molar-refractivity contribution in [2.75, 3.05) is 0 Å². The molecule has 0 unspecified atom stereocenters. The van der Waals surface area contributed by atoms with Crippen LogP contribution in [0.5, 0.6) is 0 Å². The summed E-state index contributed by atoms with van der Waals surface area (Å²) in [6, 6.07) is 0. The summed E-state index contributed by atoms with van der Waals surface area (Å²) in [4.78, 5) is 0. The van der Waals surface area contributed by atoms with Gasteiger partial charge in [-0.15, -0.1) is 37.7 Å². The first-order valence-electron chi connectivity index (χ1n) is 4.64. The van der Waals surface area contributed by atoms with Crippen LogP contribution in [-0.4, -0.2) is 0 Å². The molecule has 2 rings (SSSR count). The fraction of sp³-hybridized carbons (Fsp3) is 0.308. The monoisotopic (exact) mass is 425 g/mol. The van der Waals surface area contributed by atoms with E-state index in [9.17, 15) is 0 Å². The molecule has 0 fully saturated rings. The fourth-order valence-electron chi connectivity index (χ4n) is 0.680. The average Bonchev–Trinajstić information content (AvgIpc) is 2.85. The molecule has 0 aromatic rings. The number of allylic oxidation sites excluding steroid dienone is 8. The first-order chi connectivity index (χ1) is 6.41. The van der Waals surface area contributed by atoms with Crippen LogP contribution in [0.4, 0.5) is 0 Å². The van der Waals surface area contributed by atoms with Gasteiger partial charge in [0, 0.05) is 25.8 Å². The Labute approximate surface area is 132 Å². The van der Waals surface area contributed by atoms with Crippen LogP contribution in [0.25, 0.3) is 0 Å². The van der Waals surface area contributed by atoms with Gasteiger partial charge in [0.2, 0.25) is 0 Å². The second kappa shape index (κ2) is 24.6. The maximum absolute atomic E-state index is 3.49. The van der Waals surface area contributed by atoms with Crippen molar-refractivity contribution in [3.63, 3.8) is 0 Å². The molecular weight excluding hydrogens is 406 g/mol. The Morgan fingerprint density at radius 1 is 1.00 bits per heavy atom. The topological polar surface area (TPSA) is 0 Å². The van der Waals surface area contributed by atoms with Gasteiger partial charge in [-0.3, -0.25) is 12.2 Å². The van der Waals surface area contributed by atoms with Crippen LogP contribution in [0.3, 0.4) is 0 Å². The second-order valence-electron chi connectivity index (χ2n) is 2.51. The molecule has 0 saturated carbocycles. The molecule has 2 aliphatic carbocycles. The van der Waals surface area contributed by atoms with Crippen LogP contribution < -0.4 is 0 Å². The predicted molar refractivity (Wildman–Crippen MR) is 73.3 cm³/mol. The van der Waals surface area contributed by atoms with E-state index in [1.807, 2.05) is 31.2 Å². The van der Waals surface area contributed by atoms with Gasteiger partial charge in [0.1, 0.15) is 0 Å². The quantitative estimate of drug-likeness (QED) is 0.391. The molecule has 0 atom stereocenters. The van der Waals surface area contributed by atoms with Crippen LogP contribution in [0.1, 0.15) is 26.2 Å². The normalized spacial score (nSPS) is 12.1. The zero-order chi connectivity index (χ0) is 9.78. The van der Waals surface area contributed by atoms with E-state index in [1.165, 1.54) is 0 Å². The van der Waals surface area contributed by atoms with E-state index < -0.39 is 0 Å². The van der Waals surface area contributed by atoms with Crippen molar-refractivity contribution in [1.82, 2.24) is 0 Å². The van der Waals surface area contributed by atoms with E-state index in [2.05, 4.69) is 31.2 Å². The third-order valence-electron chi connectivity index (χ3n) is 1.17. The summed E-state index contributed by atoms with van der Waals surface area (Å²) in [7, 11) is 0. The molecule has 0 aromatic carbocycles. The summed E-state index contributed by atoms with van der Waals surface area (Å²) in [6.45, 7) is 5.50. The van der Waals surface area contributed by atoms with E-state index in [1.54, 1.807) is 0 Å². The maximum Gasteiger partial charge on any atom is 0 e. The Balaban J connectivity index is -0.0000000638. The predicted octanol–water partition coefficient (Wildman–Crippen LogP) is 4.68. The van der Waals surface area contributed by atoms with E-state index in [0.717, 1.165) is 19.3 Å². The van der Waals surface area contributed by atoms with Crippen LogP contribution in [0.2, 0.25) is 0 Å². The van der Waals surface area contributed by atoms with E-state index >= 15 is 0 Å². The van der Waals surface area contributed by atoms with Gasteiger partial charge in [-0.05, 0) is 0 Å². The van der Waals surface area contributed by atoms with Gasteiger partial charge >= 0.3 is 0 Å². The fourth-order valence-corrected chi connectivity index (χ4v) is 0.680. The van der Waals surface area contributed by atoms with Gasteiger partial charge < -0.3 is 6.92 Å². The molecule has 0 N–H and O–H groups in total. The number of hydrogen-bond acceptors (Lipinski definition) is 0. The van der Waals surface area contributed by atoms with Gasteiger partial charge in [0.15, 0.2) is 0 Å². The molecular formula is C13H19Cl2Hf-3. The molecule has 0 radical (unpaired) electrons. The Hall–Kier alpha value is 0.410. The summed E-state index contributed by atoms with van der Waals surface area (Å²) in [5.41, 5.74) is 0. The zero-order valence-corrected chi connectivity index (χ0v) is 14.8. The molecule has 0 saturated heterocycles. The van der Waals surface area contributed by atoms with Crippen molar-refractivity contribution < 1.29 is 25.8 Å². The molecule has 2 aliphatic rings. The molecule has 0 spiro atoms. The Bertz CT molecular complexity index is 164. The summed E-state index contributed by atoms with van der Waals surface area (Å²) < 4.78 is 0. The van der Waals surface area contributed by atoms with E-state index in [-0.39, 0.29) is 50.7 Å². The molecule has 0 nitrogen and oxygen atoms in total. The van der Waals surface area contributed by atoms with Crippen molar-refractivity contribution in [3.8, 4) is 0 Å². The number of halogens is 2. The largest absolute Gasteiger partial charge is 0.344 e. The number of rotatable bonds is 0. The SMILES string of the molecule is Cl.Cl.[C-]1=CC=CC1.[C-]1=CC=CC1.[CH2-]CC.[Hf]. The molecule has 0 heterocycles. The molecule has 0 aromatic heterocycles. The van der Waals surface area contributed by atoms with Crippen LogP contribution >= 0.6 is 24.8 Å². The molecule has 16 heavy (non-hydrogen) atoms. The molecule has 0 amide bonds. The van der Waals surface area contributed by atoms with Crippen molar-refractivity contribution in [3.05, 3.63) is 55.5 Å². The van der Waals surface area contributed by atoms with Gasteiger partial charge in [-0.1, -0.05) is 6.92 Å². The third kappa shape index (κ3) is 23.9. The van der Waals surface area contributed by atoms with Crippen molar-refractivity contribution in [2.24, 2.45) is 0 Å². The zero-order valence-electron chi connectivity index (χ0n) is 9.61. The Morgan fingerprint density at radius 3 is 1.38 bits per heavy atom. The molecule has 92 valence electrons. The first-order valence-corrected chi connectivity index (χ1v) is 4.64. The molecule has 0 aliphatic heterocycles. The number of hydrogen-bond donors (Lipinski definition) is 0. The minimum atomic E-state index is 0. The van der Waals surface area contributed by atoms with Gasteiger partial charge in [-0.2, -0.15) is 18.6 Å². The van der Waals surface area contributed by atoms with Crippen molar-refractivity contribution in [1.29, 1.82) is 0 Å². The standard InChI is InChI=1S/2C5H5.C3H7.2ClH.Hf/c2*1-2-4-5-3-1;1-3-2;;;/h2*1-3H,4H2;1,3H2,2H3;2*1H;/q3*-1;;;. The summed E-state index contributed by atoms with van der Waals surface area (Å²) in [5, 5.41) is 0. The first kappa shape index (κ1) is 25.3. The van der Waals surface area contributed by atoms with Crippen LogP contribution in [-0.2, 0) is 25.8 Å². The van der Waals surface area contributed by atoms with Crippen LogP contribution in [0, 0.1) is 19.1 Å². The van der Waals surface area contributed by atoms with Gasteiger partial charge in [-0.25, -0.2) is 24.3 Å². The minimum absolute atomic E-state index is 0. The second-order valence-corrected chi connectivity index (χ2v) is 2.51. The Morgan fingerprint density at radius 2 is 1.31 bits per heavy atom. The molecule has 0 bridgehead atoms. The van der Waals surface area contributed by atoms with E-state index in [4.69, 9.17) is 0 Å². The summed E-state index contributed by atoms with van der Waals surface area (Å²) in [5.74, 6) is 0. The Kier molecular flexibility index (Phi) is 38.9. The maximum atomic E-state index is 3.49. The summed E-state index contributed by atoms with van der Waals surface area (Å²) >= 11 is 0. The minimum Gasteiger partial charge on any atom is -0.344 e. The van der Waals surface area contributed by atoms with Crippen molar-refractivity contribution >= 4 is 24.8 Å². The average molecular weight is 425 g/mol. The van der Waals surface area contributed by atoms with Crippen molar-refractivity contribution in [2.45, 2.75) is 26.2 Å².